The topological polar surface area (TPSA) is 45.1 Å². The average molecular weight is 505 g/mol. The number of ether oxygens (including phenoxy) is 2. The lowest BCUT2D eigenvalue weighted by Crippen LogP contribution is -2.33. The van der Waals surface area contributed by atoms with Crippen molar-refractivity contribution in [3.05, 3.63) is 47.5 Å². The number of fused-ring (bicyclic) bond motifs is 5. The first-order valence-corrected chi connectivity index (χ1v) is 14.3. The monoisotopic (exact) mass is 504 g/mol. The molecule has 0 bridgehead atoms. The minimum absolute atomic E-state index is 0.438. The Kier molecular flexibility index (Phi) is 7.68. The molecular formula is C31H40N2O4. The molecule has 6 rings (SSSR count). The van der Waals surface area contributed by atoms with Crippen molar-refractivity contribution in [2.24, 2.45) is 0 Å². The summed E-state index contributed by atoms with van der Waals surface area (Å²) in [7, 11) is 1.56. The van der Waals surface area contributed by atoms with E-state index in [2.05, 4.69) is 45.9 Å². The fourth-order valence-electron chi connectivity index (χ4n) is 6.64. The summed E-state index contributed by atoms with van der Waals surface area (Å²) >= 11 is 0. The average Bonchev–Trinajstić information content (AvgIpc) is 3.13. The number of rotatable bonds is 8. The van der Waals surface area contributed by atoms with E-state index in [1.165, 1.54) is 92.2 Å². The van der Waals surface area contributed by atoms with Crippen LogP contribution in [0.5, 0.6) is 11.5 Å². The molecule has 2 aromatic carbocycles. The number of piperidine rings is 1. The van der Waals surface area contributed by atoms with E-state index in [9.17, 15) is 0 Å². The minimum atomic E-state index is 0.438. The first-order valence-electron chi connectivity index (χ1n) is 14.3. The van der Waals surface area contributed by atoms with E-state index in [1.807, 2.05) is 0 Å². The van der Waals surface area contributed by atoms with Gasteiger partial charge in [-0.25, -0.2) is 9.78 Å². The van der Waals surface area contributed by atoms with E-state index in [0.29, 0.717) is 25.7 Å². The van der Waals surface area contributed by atoms with Crippen LogP contribution >= 0.6 is 0 Å². The zero-order chi connectivity index (χ0) is 25.0. The Morgan fingerprint density at radius 1 is 0.946 bits per heavy atom. The highest BCUT2D eigenvalue weighted by Crippen LogP contribution is 2.49. The summed E-state index contributed by atoms with van der Waals surface area (Å²) in [5.74, 6) is 2.35. The number of likely N-dealkylation sites (tertiary alicyclic amines) is 1. The van der Waals surface area contributed by atoms with Crippen molar-refractivity contribution in [1.29, 1.82) is 0 Å². The Bertz CT molecular complexity index is 1210. The van der Waals surface area contributed by atoms with E-state index in [4.69, 9.17) is 19.2 Å². The van der Waals surface area contributed by atoms with Gasteiger partial charge in [-0.3, -0.25) is 4.90 Å². The van der Waals surface area contributed by atoms with Crippen molar-refractivity contribution in [3.8, 4) is 22.8 Å². The van der Waals surface area contributed by atoms with Crippen LogP contribution in [0.25, 0.3) is 22.2 Å². The molecule has 1 saturated heterocycles. The Morgan fingerprint density at radius 3 is 2.62 bits per heavy atom. The van der Waals surface area contributed by atoms with Gasteiger partial charge in [0.2, 0.25) is 0 Å². The van der Waals surface area contributed by atoms with Crippen LogP contribution in [0.4, 0.5) is 0 Å². The van der Waals surface area contributed by atoms with E-state index < -0.39 is 0 Å². The smallest absolute Gasteiger partial charge is 0.170 e. The van der Waals surface area contributed by atoms with Gasteiger partial charge < -0.3 is 14.0 Å². The molecule has 1 saturated carbocycles. The van der Waals surface area contributed by atoms with Gasteiger partial charge >= 0.3 is 0 Å². The fraction of sp³-hybridized carbons (Fsp3) is 0.548. The van der Waals surface area contributed by atoms with Crippen LogP contribution in [0.2, 0.25) is 0 Å². The lowest BCUT2D eigenvalue weighted by Gasteiger charge is -2.26. The molecule has 0 amide bonds. The molecule has 2 aliphatic heterocycles. The van der Waals surface area contributed by atoms with Crippen molar-refractivity contribution >= 4 is 10.9 Å². The molecule has 6 nitrogen and oxygen atoms in total. The number of hydrogen-bond donors (Lipinski definition) is 0. The molecule has 1 aromatic heterocycles. The second-order valence-corrected chi connectivity index (χ2v) is 10.8. The van der Waals surface area contributed by atoms with Gasteiger partial charge in [-0.2, -0.15) is 0 Å². The number of hydrogen-bond acceptors (Lipinski definition) is 5. The molecule has 3 aromatic rings. The summed E-state index contributed by atoms with van der Waals surface area (Å²) < 4.78 is 15.3. The van der Waals surface area contributed by atoms with Gasteiger partial charge in [0.05, 0.1) is 19.3 Å². The number of nitrogens with zero attached hydrogens (tertiary/aromatic N) is 2. The van der Waals surface area contributed by atoms with Crippen molar-refractivity contribution in [2.75, 3.05) is 40.0 Å². The summed E-state index contributed by atoms with van der Waals surface area (Å²) in [5, 5.41) is 1.37. The van der Waals surface area contributed by atoms with E-state index in [-0.39, 0.29) is 0 Å². The van der Waals surface area contributed by atoms with Gasteiger partial charge in [0.15, 0.2) is 11.5 Å². The zero-order valence-electron chi connectivity index (χ0n) is 22.2. The fourth-order valence-corrected chi connectivity index (χ4v) is 6.64. The highest BCUT2D eigenvalue weighted by molar-refractivity contribution is 5.94. The quantitative estimate of drug-likeness (QED) is 0.253. The molecule has 6 heteroatoms. The summed E-state index contributed by atoms with van der Waals surface area (Å²) in [6.07, 6.45) is 10.4. The molecule has 198 valence electrons. The van der Waals surface area contributed by atoms with Gasteiger partial charge in [-0.1, -0.05) is 43.9 Å². The maximum absolute atomic E-state index is 6.45. The molecule has 0 unspecified atom stereocenters. The molecular weight excluding hydrogens is 464 g/mol. The summed E-state index contributed by atoms with van der Waals surface area (Å²) in [4.78, 5) is 12.7. The number of aromatic nitrogens is 1. The largest absolute Gasteiger partial charge is 0.488 e. The molecule has 0 spiro atoms. The van der Waals surface area contributed by atoms with Crippen LogP contribution in [0.1, 0.15) is 68.4 Å². The van der Waals surface area contributed by atoms with Crippen LogP contribution in [-0.4, -0.2) is 49.4 Å². The predicted octanol–water partition coefficient (Wildman–Crippen LogP) is 6.69. The van der Waals surface area contributed by atoms with Crippen LogP contribution < -0.4 is 9.47 Å². The van der Waals surface area contributed by atoms with Gasteiger partial charge in [-0.05, 0) is 74.0 Å². The summed E-state index contributed by atoms with van der Waals surface area (Å²) in [6, 6.07) is 13.2. The predicted molar refractivity (Wildman–Crippen MR) is 146 cm³/mol. The first kappa shape index (κ1) is 24.8. The normalized spacial score (nSPS) is 18.7. The van der Waals surface area contributed by atoms with Crippen molar-refractivity contribution in [2.45, 2.75) is 70.4 Å². The number of para-hydroxylation sites is 1. The van der Waals surface area contributed by atoms with Gasteiger partial charge in [0.1, 0.15) is 19.8 Å². The Hall–Kier alpha value is -2.54. The maximum atomic E-state index is 6.45. The highest BCUT2D eigenvalue weighted by Gasteiger charge is 2.30. The Balaban J connectivity index is 1.39. The lowest BCUT2D eigenvalue weighted by atomic mass is 9.81. The Morgan fingerprint density at radius 2 is 1.78 bits per heavy atom. The van der Waals surface area contributed by atoms with E-state index in [0.717, 1.165) is 30.2 Å². The van der Waals surface area contributed by atoms with Gasteiger partial charge in [0.25, 0.3) is 0 Å². The molecule has 0 N–H and O–H groups in total. The lowest BCUT2D eigenvalue weighted by molar-refractivity contribution is -0.282. The van der Waals surface area contributed by atoms with E-state index >= 15 is 0 Å². The third-order valence-electron chi connectivity index (χ3n) is 8.43. The molecule has 0 atom stereocenters. The zero-order valence-corrected chi connectivity index (χ0v) is 22.2. The van der Waals surface area contributed by atoms with Gasteiger partial charge in [0, 0.05) is 23.0 Å². The first-order chi connectivity index (χ1) is 18.3. The van der Waals surface area contributed by atoms with Crippen molar-refractivity contribution in [1.82, 2.24) is 9.47 Å². The molecule has 3 aliphatic rings. The molecule has 2 fully saturated rings. The third kappa shape index (κ3) is 5.12. The summed E-state index contributed by atoms with van der Waals surface area (Å²) in [6.45, 7) is 5.93. The second kappa shape index (κ2) is 11.5. The number of benzene rings is 2. The molecule has 1 aliphatic carbocycles. The molecule has 0 radical (unpaired) electrons. The molecule has 3 heterocycles. The van der Waals surface area contributed by atoms with Crippen molar-refractivity contribution < 1.29 is 19.2 Å². The van der Waals surface area contributed by atoms with Crippen LogP contribution in [0, 0.1) is 0 Å². The standard InChI is InChI=1S/C31H40N2O4/c1-34-37-22-23-13-14-25-27(21-23)33-18-20-36-31-26(30(33)29(25)24-9-4-2-5-10-24)11-8-12-28(31)35-19-17-32-15-6-3-7-16-32/h8,11-14,21,24H,2-7,9-10,15-20,22H2,1H3. The third-order valence-corrected chi connectivity index (χ3v) is 8.43. The van der Waals surface area contributed by atoms with Crippen LogP contribution in [0.3, 0.4) is 0 Å². The van der Waals surface area contributed by atoms with E-state index in [1.54, 1.807) is 7.11 Å². The SMILES string of the molecule is COOCc1ccc2c(C3CCCCC3)c3n(c2c1)CCOc1c(OCCN2CCCCC2)cccc1-3. The summed E-state index contributed by atoms with van der Waals surface area (Å²) in [5.41, 5.74) is 6.36. The Labute approximate surface area is 220 Å². The maximum Gasteiger partial charge on any atom is 0.170 e. The van der Waals surface area contributed by atoms with Gasteiger partial charge in [-0.15, -0.1) is 0 Å². The second-order valence-electron chi connectivity index (χ2n) is 10.8. The highest BCUT2D eigenvalue weighted by atomic mass is 17.2. The minimum Gasteiger partial charge on any atom is -0.488 e. The van der Waals surface area contributed by atoms with Crippen LogP contribution in [0.15, 0.2) is 36.4 Å². The molecule has 37 heavy (non-hydrogen) atoms. The van der Waals surface area contributed by atoms with Crippen LogP contribution in [-0.2, 0) is 22.9 Å². The van der Waals surface area contributed by atoms with Crippen molar-refractivity contribution in [3.63, 3.8) is 0 Å².